The van der Waals surface area contributed by atoms with Gasteiger partial charge in [0.15, 0.2) is 0 Å². The molecule has 1 aromatic rings. The Kier molecular flexibility index (Phi) is 3.42. The number of nitrogens with zero attached hydrogens (tertiary/aromatic N) is 5. The molecule has 104 valence electrons. The summed E-state index contributed by atoms with van der Waals surface area (Å²) in [7, 11) is 0. The Labute approximate surface area is 113 Å². The first-order chi connectivity index (χ1) is 9.15. The summed E-state index contributed by atoms with van der Waals surface area (Å²) in [5.41, 5.74) is 0. The Hall–Kier alpha value is -1.19. The maximum Gasteiger partial charge on any atom is 0.233 e. The predicted octanol–water partition coefficient (Wildman–Crippen LogP) is -1.34. The Morgan fingerprint density at radius 2 is 2.00 bits per heavy atom. The van der Waals surface area contributed by atoms with Crippen molar-refractivity contribution in [3.05, 3.63) is 0 Å². The Bertz CT molecular complexity index is 467. The summed E-state index contributed by atoms with van der Waals surface area (Å²) in [5.74, 6) is 0.0953. The molecule has 1 amide bonds. The molecule has 2 unspecified atom stereocenters. The van der Waals surface area contributed by atoms with Gasteiger partial charge in [-0.15, -0.1) is 5.10 Å². The van der Waals surface area contributed by atoms with Gasteiger partial charge in [-0.3, -0.25) is 4.79 Å². The molecule has 2 fully saturated rings. The molecule has 0 spiro atoms. The number of carbonyl (C=O) groups excluding carboxylic acids is 1. The van der Waals surface area contributed by atoms with E-state index in [4.69, 9.17) is 0 Å². The van der Waals surface area contributed by atoms with Crippen LogP contribution in [0.15, 0.2) is 5.16 Å². The standard InChI is InChI=1S/C10H15N5O3S/c16-7-3-14(4-8(7)17)9(18)5-19-10-11-12-13-15(10)6-1-2-6/h6-8,16-17H,1-5H2. The third-order valence-electron chi connectivity index (χ3n) is 3.29. The van der Waals surface area contributed by atoms with Gasteiger partial charge in [0.2, 0.25) is 11.1 Å². The average molecular weight is 285 g/mol. The van der Waals surface area contributed by atoms with Crippen molar-refractivity contribution in [3.8, 4) is 0 Å². The van der Waals surface area contributed by atoms with Crippen LogP contribution in [0.4, 0.5) is 0 Å². The van der Waals surface area contributed by atoms with Gasteiger partial charge < -0.3 is 15.1 Å². The molecule has 2 aliphatic rings. The number of thioether (sulfide) groups is 1. The monoisotopic (exact) mass is 285 g/mol. The Balaban J connectivity index is 1.54. The predicted molar refractivity (Wildman–Crippen MR) is 65.4 cm³/mol. The number of amides is 1. The Morgan fingerprint density at radius 3 is 2.63 bits per heavy atom. The van der Waals surface area contributed by atoms with E-state index in [1.54, 1.807) is 4.68 Å². The summed E-state index contributed by atoms with van der Waals surface area (Å²) in [4.78, 5) is 13.4. The van der Waals surface area contributed by atoms with E-state index in [0.29, 0.717) is 11.2 Å². The molecule has 0 aromatic carbocycles. The van der Waals surface area contributed by atoms with E-state index in [9.17, 15) is 15.0 Å². The number of hydrogen-bond donors (Lipinski definition) is 2. The van der Waals surface area contributed by atoms with E-state index in [2.05, 4.69) is 15.5 Å². The zero-order chi connectivity index (χ0) is 13.4. The number of hydrogen-bond acceptors (Lipinski definition) is 7. The van der Waals surface area contributed by atoms with Crippen LogP contribution in [0.1, 0.15) is 18.9 Å². The van der Waals surface area contributed by atoms with E-state index < -0.39 is 12.2 Å². The van der Waals surface area contributed by atoms with Crippen LogP contribution in [0.25, 0.3) is 0 Å². The van der Waals surface area contributed by atoms with E-state index in [1.807, 2.05) is 0 Å². The van der Waals surface area contributed by atoms with Crippen LogP contribution >= 0.6 is 11.8 Å². The second-order valence-electron chi connectivity index (χ2n) is 4.86. The third kappa shape index (κ3) is 2.72. The van der Waals surface area contributed by atoms with Crippen molar-refractivity contribution >= 4 is 17.7 Å². The van der Waals surface area contributed by atoms with Crippen molar-refractivity contribution in [2.75, 3.05) is 18.8 Å². The zero-order valence-electron chi connectivity index (χ0n) is 10.2. The molecular formula is C10H15N5O3S. The van der Waals surface area contributed by atoms with Crippen molar-refractivity contribution in [2.45, 2.75) is 36.2 Å². The summed E-state index contributed by atoms with van der Waals surface area (Å²) in [6.07, 6.45) is 0.477. The molecule has 0 radical (unpaired) electrons. The number of likely N-dealkylation sites (tertiary alicyclic amines) is 1. The van der Waals surface area contributed by atoms with Gasteiger partial charge in [-0.05, 0) is 23.3 Å². The highest BCUT2D eigenvalue weighted by Gasteiger charge is 2.33. The highest BCUT2D eigenvalue weighted by atomic mass is 32.2. The number of aliphatic hydroxyl groups is 2. The van der Waals surface area contributed by atoms with Gasteiger partial charge in [0.05, 0.1) is 24.0 Å². The lowest BCUT2D eigenvalue weighted by Crippen LogP contribution is -2.31. The molecule has 3 rings (SSSR count). The third-order valence-corrected chi connectivity index (χ3v) is 4.21. The lowest BCUT2D eigenvalue weighted by molar-refractivity contribution is -0.127. The summed E-state index contributed by atoms with van der Waals surface area (Å²) >= 11 is 1.29. The Morgan fingerprint density at radius 1 is 1.32 bits per heavy atom. The SMILES string of the molecule is O=C(CSc1nnnn1C1CC1)N1CC(O)C(O)C1. The zero-order valence-corrected chi connectivity index (χ0v) is 11.0. The number of aromatic nitrogens is 4. The maximum atomic E-state index is 11.9. The van der Waals surface area contributed by atoms with Gasteiger partial charge >= 0.3 is 0 Å². The van der Waals surface area contributed by atoms with Crippen molar-refractivity contribution in [2.24, 2.45) is 0 Å². The fraction of sp³-hybridized carbons (Fsp3) is 0.800. The first-order valence-electron chi connectivity index (χ1n) is 6.19. The van der Waals surface area contributed by atoms with E-state index >= 15 is 0 Å². The van der Waals surface area contributed by atoms with Crippen molar-refractivity contribution in [1.82, 2.24) is 25.1 Å². The number of β-amino-alcohol motifs (C(OH)–C–C–N with tert-alkyl or cyclic N) is 2. The summed E-state index contributed by atoms with van der Waals surface area (Å²) in [5, 5.41) is 30.9. The van der Waals surface area contributed by atoms with Crippen molar-refractivity contribution in [1.29, 1.82) is 0 Å². The fourth-order valence-electron chi connectivity index (χ4n) is 2.02. The van der Waals surface area contributed by atoms with Gasteiger partial charge in [0.1, 0.15) is 0 Å². The summed E-state index contributed by atoms with van der Waals surface area (Å²) in [6, 6.07) is 0.378. The minimum absolute atomic E-state index is 0.119. The molecule has 1 aliphatic heterocycles. The van der Waals surface area contributed by atoms with Crippen LogP contribution in [0.2, 0.25) is 0 Å². The van der Waals surface area contributed by atoms with E-state index in [-0.39, 0.29) is 24.7 Å². The van der Waals surface area contributed by atoms with Crippen LogP contribution in [0.3, 0.4) is 0 Å². The van der Waals surface area contributed by atoms with Gasteiger partial charge in [0.25, 0.3) is 0 Å². The molecule has 9 heteroatoms. The molecule has 1 saturated carbocycles. The highest BCUT2D eigenvalue weighted by Crippen LogP contribution is 2.36. The van der Waals surface area contributed by atoms with Crippen LogP contribution < -0.4 is 0 Å². The topological polar surface area (TPSA) is 104 Å². The fourth-order valence-corrected chi connectivity index (χ4v) is 2.87. The number of carbonyl (C=O) groups is 1. The molecule has 19 heavy (non-hydrogen) atoms. The first kappa shape index (κ1) is 12.8. The maximum absolute atomic E-state index is 11.9. The molecule has 1 saturated heterocycles. The summed E-state index contributed by atoms with van der Waals surface area (Å²) in [6.45, 7) is 0.377. The normalized spacial score (nSPS) is 26.9. The smallest absolute Gasteiger partial charge is 0.233 e. The van der Waals surface area contributed by atoms with Gasteiger partial charge in [-0.25, -0.2) is 4.68 Å². The van der Waals surface area contributed by atoms with Crippen LogP contribution in [0, 0.1) is 0 Å². The second kappa shape index (κ2) is 5.06. The first-order valence-corrected chi connectivity index (χ1v) is 7.18. The molecule has 0 bridgehead atoms. The van der Waals surface area contributed by atoms with Crippen molar-refractivity contribution < 1.29 is 15.0 Å². The molecule has 1 aliphatic carbocycles. The molecule has 8 nitrogen and oxygen atoms in total. The van der Waals surface area contributed by atoms with E-state index in [0.717, 1.165) is 12.8 Å². The van der Waals surface area contributed by atoms with Gasteiger partial charge in [0, 0.05) is 13.1 Å². The van der Waals surface area contributed by atoms with Gasteiger partial charge in [-0.1, -0.05) is 11.8 Å². The number of aliphatic hydroxyl groups excluding tert-OH is 2. The summed E-state index contributed by atoms with van der Waals surface area (Å²) < 4.78 is 1.76. The van der Waals surface area contributed by atoms with Crippen LogP contribution in [-0.2, 0) is 4.79 Å². The van der Waals surface area contributed by atoms with Crippen LogP contribution in [0.5, 0.6) is 0 Å². The number of tetrazole rings is 1. The largest absolute Gasteiger partial charge is 0.388 e. The highest BCUT2D eigenvalue weighted by molar-refractivity contribution is 7.99. The minimum atomic E-state index is -0.842. The molecule has 2 atom stereocenters. The molecule has 1 aromatic heterocycles. The van der Waals surface area contributed by atoms with Crippen molar-refractivity contribution in [3.63, 3.8) is 0 Å². The molecule has 2 N–H and O–H groups in total. The quantitative estimate of drug-likeness (QED) is 0.660. The van der Waals surface area contributed by atoms with Gasteiger partial charge in [-0.2, -0.15) is 0 Å². The van der Waals surface area contributed by atoms with Crippen LogP contribution in [-0.4, -0.2) is 72.3 Å². The lowest BCUT2D eigenvalue weighted by Gasteiger charge is -2.14. The molecule has 2 heterocycles. The molecular weight excluding hydrogens is 270 g/mol. The lowest BCUT2D eigenvalue weighted by atomic mass is 10.3. The average Bonchev–Trinajstić information content (AvgIpc) is 3.04. The number of rotatable bonds is 4. The van der Waals surface area contributed by atoms with E-state index in [1.165, 1.54) is 16.7 Å². The minimum Gasteiger partial charge on any atom is -0.388 e. The second-order valence-corrected chi connectivity index (χ2v) is 5.80.